The Bertz CT molecular complexity index is 2380. The molecule has 15 nitrogen and oxygen atoms in total. The average Bonchev–Trinajstić information content (AvgIpc) is 3.55. The second-order valence-corrected chi connectivity index (χ2v) is 18.4. The van der Waals surface area contributed by atoms with Crippen LogP contribution in [0.15, 0.2) is 54.7 Å². The number of aryl methyl sites for hydroxylation is 1. The maximum atomic E-state index is 14.6. The van der Waals surface area contributed by atoms with Crippen LogP contribution in [0.5, 0.6) is 5.75 Å². The summed E-state index contributed by atoms with van der Waals surface area (Å²) in [4.78, 5) is 64.2. The molecule has 7 rings (SSSR count). The number of nitrogens with one attached hydrogen (secondary N) is 2. The standard InChI is InChI=1S/C48H63N7O8.4H2S/c1-10-54-40-16-15-31-23-36(40)37(43(54)35-13-11-17-49-41(35)29(4)61-8)24-48(5,6)27-63-46(59)38-14-12-18-55(51-38)45(58)39(21-30-19-32(31)22-33(56)20-30)50-44(57)42(28(2)3)52(7)47(60)53-25-34(26-53)62-9;;;;/h11,13,15-17,19-20,22-23,28-29,34,38-39,42,51,56H,10,12,14,18,21,24-27H2,1-9H3,(H,50,57);4*1H2/t29-,38-,39-,42-;;;;/m0..../s1. The number of hydrogen-bond acceptors (Lipinski definition) is 10. The fourth-order valence-electron chi connectivity index (χ4n) is 9.33. The van der Waals surface area contributed by atoms with Crippen LogP contribution < -0.4 is 10.7 Å². The van der Waals surface area contributed by atoms with Gasteiger partial charge in [-0.05, 0) is 97.7 Å². The van der Waals surface area contributed by atoms with Crippen molar-refractivity contribution in [1.29, 1.82) is 0 Å². The Labute approximate surface area is 422 Å². The van der Waals surface area contributed by atoms with E-state index in [1.807, 2.05) is 39.0 Å². The molecule has 67 heavy (non-hydrogen) atoms. The van der Waals surface area contributed by atoms with Gasteiger partial charge in [0.15, 0.2) is 0 Å². The van der Waals surface area contributed by atoms with Crippen molar-refractivity contribution in [2.24, 2.45) is 11.3 Å². The first-order valence-electron chi connectivity index (χ1n) is 22.1. The number of carbonyl (C=O) groups excluding carboxylic acids is 4. The largest absolute Gasteiger partial charge is 0.508 e. The van der Waals surface area contributed by atoms with Crippen LogP contribution in [0.2, 0.25) is 0 Å². The van der Waals surface area contributed by atoms with Gasteiger partial charge in [0.2, 0.25) is 5.91 Å². The summed E-state index contributed by atoms with van der Waals surface area (Å²) in [7, 11) is 4.87. The fourth-order valence-corrected chi connectivity index (χ4v) is 9.33. The third-order valence-corrected chi connectivity index (χ3v) is 12.8. The number of likely N-dealkylation sites (tertiary alicyclic amines) is 1. The Morgan fingerprint density at radius 2 is 1.75 bits per heavy atom. The van der Waals surface area contributed by atoms with Gasteiger partial charge in [0, 0.05) is 68.9 Å². The van der Waals surface area contributed by atoms with Crippen LogP contribution in [-0.4, -0.2) is 125 Å². The number of benzene rings is 2. The molecule has 2 saturated heterocycles. The SMILES string of the molecule is CCn1c(-c2cccnc2[C@H](C)OC)c2c3cc(ccc31)-c1cc(O)cc(c1)C[C@H](NC(=O)[C@H](C(C)C)N(C)C(=O)N1CC(OC)C1)C(=O)N1CCC[C@H](N1)C(=O)OCC(C)(C)C2.S.S.S.S. The van der Waals surface area contributed by atoms with E-state index in [1.54, 1.807) is 44.5 Å². The van der Waals surface area contributed by atoms with E-state index in [-0.39, 0.29) is 96.9 Å². The lowest BCUT2D eigenvalue weighted by Gasteiger charge is -2.42. The molecule has 4 aromatic rings. The summed E-state index contributed by atoms with van der Waals surface area (Å²) in [5.41, 5.74) is 9.65. The zero-order chi connectivity index (χ0) is 45.3. The number of carbonyl (C=O) groups is 4. The Balaban J connectivity index is 0.00000298. The van der Waals surface area contributed by atoms with E-state index in [0.29, 0.717) is 51.0 Å². The number of rotatable bonds is 9. The molecule has 3 N–H and O–H groups in total. The number of fused-ring (bicyclic) bond motifs is 6. The Morgan fingerprint density at radius 1 is 1.03 bits per heavy atom. The second kappa shape index (κ2) is 23.9. The molecule has 3 aliphatic rings. The van der Waals surface area contributed by atoms with Gasteiger partial charge in [-0.15, -0.1) is 0 Å². The van der Waals surface area contributed by atoms with E-state index in [1.165, 1.54) is 9.91 Å². The lowest BCUT2D eigenvalue weighted by Crippen LogP contribution is -2.64. The average molecular weight is 1000 g/mol. The van der Waals surface area contributed by atoms with Crippen LogP contribution in [0.1, 0.15) is 77.3 Å². The lowest BCUT2D eigenvalue weighted by molar-refractivity contribution is -0.155. The minimum Gasteiger partial charge on any atom is -0.508 e. The zero-order valence-corrected chi connectivity index (χ0v) is 44.1. The highest BCUT2D eigenvalue weighted by Gasteiger charge is 2.40. The summed E-state index contributed by atoms with van der Waals surface area (Å²) in [6.07, 6.45) is 3.00. The van der Waals surface area contributed by atoms with Gasteiger partial charge in [0.25, 0.3) is 5.91 Å². The van der Waals surface area contributed by atoms with Gasteiger partial charge in [-0.2, -0.15) is 54.0 Å². The number of amides is 4. The molecular formula is C48H71N7O8S4. The molecule has 4 amide bonds. The molecule has 3 aliphatic heterocycles. The molecule has 5 heterocycles. The third kappa shape index (κ3) is 12.2. The molecule has 0 unspecified atom stereocenters. The molecule has 2 aromatic heterocycles. The molecular weight excluding hydrogens is 931 g/mol. The van der Waals surface area contributed by atoms with Crippen molar-refractivity contribution in [2.45, 2.75) is 104 Å². The number of ether oxygens (including phenoxy) is 3. The van der Waals surface area contributed by atoms with Crippen molar-refractivity contribution in [3.8, 4) is 28.1 Å². The van der Waals surface area contributed by atoms with Gasteiger partial charge in [-0.3, -0.25) is 24.4 Å². The molecule has 4 atom stereocenters. The van der Waals surface area contributed by atoms with Crippen molar-refractivity contribution < 1.29 is 38.5 Å². The molecule has 0 radical (unpaired) electrons. The summed E-state index contributed by atoms with van der Waals surface area (Å²) >= 11 is 0. The summed E-state index contributed by atoms with van der Waals surface area (Å²) in [6.45, 7) is 13.9. The monoisotopic (exact) mass is 1000 g/mol. The van der Waals surface area contributed by atoms with E-state index in [0.717, 1.165) is 44.5 Å². The van der Waals surface area contributed by atoms with Crippen molar-refractivity contribution in [2.75, 3.05) is 47.5 Å². The highest BCUT2D eigenvalue weighted by atomic mass is 32.1. The second-order valence-electron chi connectivity index (χ2n) is 18.4. The highest BCUT2D eigenvalue weighted by Crippen LogP contribution is 2.42. The molecule has 0 saturated carbocycles. The number of pyridine rings is 1. The molecule has 6 bridgehead atoms. The molecule has 0 spiro atoms. The highest BCUT2D eigenvalue weighted by molar-refractivity contribution is 7.59. The number of aromatic nitrogens is 2. The third-order valence-electron chi connectivity index (χ3n) is 12.8. The van der Waals surface area contributed by atoms with Crippen molar-refractivity contribution in [1.82, 2.24) is 35.1 Å². The van der Waals surface area contributed by atoms with Crippen LogP contribution in [0.25, 0.3) is 33.3 Å². The van der Waals surface area contributed by atoms with Gasteiger partial charge < -0.3 is 39.0 Å². The summed E-state index contributed by atoms with van der Waals surface area (Å²) < 4.78 is 19.6. The Morgan fingerprint density at radius 3 is 2.40 bits per heavy atom. The van der Waals surface area contributed by atoms with E-state index in [4.69, 9.17) is 19.2 Å². The van der Waals surface area contributed by atoms with Crippen molar-refractivity contribution >= 4 is 88.7 Å². The number of esters is 1. The smallest absolute Gasteiger partial charge is 0.324 e. The number of phenolic OH excluding ortho intramolecular Hbond substituents is 1. The maximum Gasteiger partial charge on any atom is 0.324 e. The molecule has 2 fully saturated rings. The van der Waals surface area contributed by atoms with Gasteiger partial charge >= 0.3 is 12.0 Å². The summed E-state index contributed by atoms with van der Waals surface area (Å²) in [5.74, 6) is -1.71. The number of methoxy groups -OCH3 is 2. The minimum atomic E-state index is -1.13. The number of aromatic hydroxyl groups is 1. The zero-order valence-electron chi connectivity index (χ0n) is 40.1. The number of nitrogens with zero attached hydrogens (tertiary/aromatic N) is 5. The normalized spacial score (nSPS) is 19.3. The van der Waals surface area contributed by atoms with Crippen LogP contribution in [0.3, 0.4) is 0 Å². The number of urea groups is 1. The summed E-state index contributed by atoms with van der Waals surface area (Å²) in [6, 6.07) is 12.4. The van der Waals surface area contributed by atoms with Crippen LogP contribution in [-0.2, 0) is 48.0 Å². The van der Waals surface area contributed by atoms with Gasteiger partial charge in [-0.25, -0.2) is 10.2 Å². The van der Waals surface area contributed by atoms with Crippen molar-refractivity contribution in [3.63, 3.8) is 0 Å². The topological polar surface area (TPSA) is 168 Å². The quantitative estimate of drug-likeness (QED) is 0.162. The predicted octanol–water partition coefficient (Wildman–Crippen LogP) is 6.31. The number of hydrogen-bond donors (Lipinski definition) is 3. The van der Waals surface area contributed by atoms with Crippen LogP contribution in [0, 0.1) is 11.3 Å². The molecule has 2 aromatic carbocycles. The van der Waals surface area contributed by atoms with Gasteiger partial charge in [-0.1, -0.05) is 39.8 Å². The van der Waals surface area contributed by atoms with E-state index in [9.17, 15) is 24.3 Å². The van der Waals surface area contributed by atoms with E-state index < -0.39 is 41.3 Å². The maximum absolute atomic E-state index is 14.6. The number of likely N-dealkylation sites (N-methyl/N-ethyl adjacent to an activating group) is 1. The van der Waals surface area contributed by atoms with E-state index in [2.05, 4.69) is 54.3 Å². The Kier molecular flexibility index (Phi) is 20.4. The number of cyclic esters (lactones) is 1. The molecule has 370 valence electrons. The molecule has 0 aliphatic carbocycles. The van der Waals surface area contributed by atoms with Crippen LogP contribution in [0.4, 0.5) is 4.79 Å². The fraction of sp³-hybridized carbons (Fsp3) is 0.521. The first-order valence-corrected chi connectivity index (χ1v) is 22.1. The van der Waals surface area contributed by atoms with Crippen molar-refractivity contribution in [3.05, 3.63) is 71.5 Å². The lowest BCUT2D eigenvalue weighted by atomic mass is 9.84. The van der Waals surface area contributed by atoms with Gasteiger partial charge in [0.1, 0.15) is 23.9 Å². The molecule has 19 heteroatoms. The van der Waals surface area contributed by atoms with Crippen LogP contribution >= 0.6 is 54.0 Å². The number of phenols is 1. The Hall–Kier alpha value is -4.11. The first kappa shape index (κ1) is 57.2. The number of hydrazine groups is 1. The summed E-state index contributed by atoms with van der Waals surface area (Å²) in [5, 5.41) is 16.7. The predicted molar refractivity (Wildman–Crippen MR) is 281 cm³/mol. The van der Waals surface area contributed by atoms with E-state index >= 15 is 0 Å². The minimum absolute atomic E-state index is 0. The first-order chi connectivity index (χ1) is 30.0. The van der Waals surface area contributed by atoms with Gasteiger partial charge in [0.05, 0.1) is 43.3 Å².